The number of carbonyl (C=O) groups excluding carboxylic acids is 1. The summed E-state index contributed by atoms with van der Waals surface area (Å²) in [5, 5.41) is 2.92. The molecule has 0 aliphatic heterocycles. The molecule has 1 rings (SSSR count). The van der Waals surface area contributed by atoms with Gasteiger partial charge in [-0.1, -0.05) is 12.2 Å². The lowest BCUT2D eigenvalue weighted by atomic mass is 10.3. The van der Waals surface area contributed by atoms with Gasteiger partial charge in [-0.05, 0) is 26.0 Å². The van der Waals surface area contributed by atoms with Crippen LogP contribution in [-0.2, 0) is 4.74 Å². The highest BCUT2D eigenvalue weighted by molar-refractivity contribution is 7.80. The Bertz CT molecular complexity index is 362. The Kier molecular flexibility index (Phi) is 4.17. The lowest BCUT2D eigenvalue weighted by molar-refractivity contribution is 0.0519. The first-order valence-electron chi connectivity index (χ1n) is 4.54. The van der Waals surface area contributed by atoms with Gasteiger partial charge in [0.25, 0.3) is 0 Å². The number of pyridine rings is 1. The van der Waals surface area contributed by atoms with Crippen LogP contribution in [0.1, 0.15) is 24.3 Å². The molecule has 80 valence electrons. The van der Waals surface area contributed by atoms with E-state index in [0.29, 0.717) is 17.3 Å². The molecule has 0 amide bonds. The first-order chi connectivity index (χ1) is 7.13. The highest BCUT2D eigenvalue weighted by Gasteiger charge is 2.06. The number of nitrogens with zero attached hydrogens (tertiary/aromatic N) is 1. The molecule has 0 aliphatic rings. The van der Waals surface area contributed by atoms with E-state index < -0.39 is 5.97 Å². The molecule has 0 aliphatic carbocycles. The van der Waals surface area contributed by atoms with E-state index in [1.807, 2.05) is 0 Å². The van der Waals surface area contributed by atoms with Crippen LogP contribution < -0.4 is 5.32 Å². The summed E-state index contributed by atoms with van der Waals surface area (Å²) in [5.41, 5.74) is 1.06. The summed E-state index contributed by atoms with van der Waals surface area (Å²) in [6, 6.07) is 3.33. The number of anilines is 1. The van der Waals surface area contributed by atoms with Gasteiger partial charge in [0, 0.05) is 0 Å². The lowest BCUT2D eigenvalue weighted by Gasteiger charge is -2.04. The molecule has 1 heterocycles. The molecule has 0 aromatic carbocycles. The van der Waals surface area contributed by atoms with E-state index in [-0.39, 0.29) is 0 Å². The van der Waals surface area contributed by atoms with Crippen molar-refractivity contribution in [2.75, 3.05) is 11.9 Å². The van der Waals surface area contributed by atoms with Crippen molar-refractivity contribution in [2.24, 2.45) is 0 Å². The van der Waals surface area contributed by atoms with E-state index in [4.69, 9.17) is 17.0 Å². The van der Waals surface area contributed by atoms with Crippen LogP contribution in [0.5, 0.6) is 0 Å². The van der Waals surface area contributed by atoms with E-state index in [1.54, 1.807) is 32.2 Å². The number of rotatable bonds is 3. The molecule has 1 N–H and O–H groups in total. The molecule has 0 bridgehead atoms. The molecule has 4 nitrogen and oxygen atoms in total. The van der Waals surface area contributed by atoms with Gasteiger partial charge in [-0.25, -0.2) is 9.78 Å². The highest BCUT2D eigenvalue weighted by atomic mass is 32.1. The SMILES string of the molecule is CCOC(=O)c1ccc(NC(C)=S)cn1. The largest absolute Gasteiger partial charge is 0.461 e. The van der Waals surface area contributed by atoms with Crippen LogP contribution >= 0.6 is 12.2 Å². The van der Waals surface area contributed by atoms with Gasteiger partial charge in [-0.3, -0.25) is 0 Å². The summed E-state index contributed by atoms with van der Waals surface area (Å²) in [6.07, 6.45) is 1.54. The van der Waals surface area contributed by atoms with Crippen molar-refractivity contribution in [3.8, 4) is 0 Å². The Balaban J connectivity index is 2.71. The maximum absolute atomic E-state index is 11.2. The van der Waals surface area contributed by atoms with Crippen molar-refractivity contribution in [2.45, 2.75) is 13.8 Å². The summed E-state index contributed by atoms with van der Waals surface area (Å²) in [5.74, 6) is -0.414. The molecule has 0 unspecified atom stereocenters. The minimum Gasteiger partial charge on any atom is -0.461 e. The fourth-order valence-electron chi connectivity index (χ4n) is 0.997. The zero-order chi connectivity index (χ0) is 11.3. The molecule has 0 saturated heterocycles. The average molecular weight is 224 g/mol. The third-order valence-electron chi connectivity index (χ3n) is 1.57. The Hall–Kier alpha value is -1.49. The molecule has 0 spiro atoms. The number of hydrogen-bond donors (Lipinski definition) is 1. The molecule has 5 heteroatoms. The molecule has 0 fully saturated rings. The second-order valence-corrected chi connectivity index (χ2v) is 3.45. The minimum atomic E-state index is -0.414. The second kappa shape index (κ2) is 5.41. The fraction of sp³-hybridized carbons (Fsp3) is 0.300. The maximum Gasteiger partial charge on any atom is 0.356 e. The summed E-state index contributed by atoms with van der Waals surface area (Å²) in [4.78, 5) is 15.9. The number of esters is 1. The molecule has 1 aromatic rings. The maximum atomic E-state index is 11.2. The molecule has 0 atom stereocenters. The van der Waals surface area contributed by atoms with E-state index in [2.05, 4.69) is 10.3 Å². The number of ether oxygens (including phenoxy) is 1. The van der Waals surface area contributed by atoms with E-state index in [1.165, 1.54) is 0 Å². The number of carbonyl (C=O) groups is 1. The highest BCUT2D eigenvalue weighted by Crippen LogP contribution is 2.07. The molecule has 1 aromatic heterocycles. The van der Waals surface area contributed by atoms with E-state index >= 15 is 0 Å². The van der Waals surface area contributed by atoms with Crippen LogP contribution in [0.2, 0.25) is 0 Å². The first-order valence-corrected chi connectivity index (χ1v) is 4.95. The Morgan fingerprint density at radius 2 is 2.33 bits per heavy atom. The fourth-order valence-corrected chi connectivity index (χ4v) is 1.11. The van der Waals surface area contributed by atoms with Gasteiger partial charge in [0.2, 0.25) is 0 Å². The molecule has 0 saturated carbocycles. The van der Waals surface area contributed by atoms with Crippen LogP contribution in [0, 0.1) is 0 Å². The molecular weight excluding hydrogens is 212 g/mol. The van der Waals surface area contributed by atoms with Crippen molar-refractivity contribution < 1.29 is 9.53 Å². The van der Waals surface area contributed by atoms with E-state index in [0.717, 1.165) is 5.69 Å². The number of thiocarbonyl (C=S) groups is 1. The van der Waals surface area contributed by atoms with Crippen molar-refractivity contribution in [3.05, 3.63) is 24.0 Å². The second-order valence-electron chi connectivity index (χ2n) is 2.83. The topological polar surface area (TPSA) is 51.2 Å². The number of nitrogens with one attached hydrogen (secondary N) is 1. The van der Waals surface area contributed by atoms with Crippen LogP contribution in [0.15, 0.2) is 18.3 Å². The molecular formula is C10H12N2O2S. The summed E-state index contributed by atoms with van der Waals surface area (Å²) in [7, 11) is 0. The minimum absolute atomic E-state index is 0.296. The van der Waals surface area contributed by atoms with Gasteiger partial charge in [0.1, 0.15) is 5.69 Å². The van der Waals surface area contributed by atoms with Crippen molar-refractivity contribution in [1.82, 2.24) is 4.98 Å². The monoisotopic (exact) mass is 224 g/mol. The van der Waals surface area contributed by atoms with Crippen molar-refractivity contribution in [3.63, 3.8) is 0 Å². The summed E-state index contributed by atoms with van der Waals surface area (Å²) >= 11 is 4.87. The standard InChI is InChI=1S/C10H12N2O2S/c1-3-14-10(13)9-5-4-8(6-11-9)12-7(2)15/h4-6H,3H2,1-2H3,(H,12,15). The third kappa shape index (κ3) is 3.63. The average Bonchev–Trinajstić information content (AvgIpc) is 2.18. The summed E-state index contributed by atoms with van der Waals surface area (Å²) in [6.45, 7) is 3.87. The lowest BCUT2D eigenvalue weighted by Crippen LogP contribution is -2.08. The Morgan fingerprint density at radius 3 is 2.80 bits per heavy atom. The zero-order valence-corrected chi connectivity index (χ0v) is 9.43. The predicted molar refractivity (Wildman–Crippen MR) is 62.1 cm³/mol. The third-order valence-corrected chi connectivity index (χ3v) is 1.67. The van der Waals surface area contributed by atoms with Crippen LogP contribution in [0.3, 0.4) is 0 Å². The number of aromatic nitrogens is 1. The van der Waals surface area contributed by atoms with Crippen molar-refractivity contribution in [1.29, 1.82) is 0 Å². The van der Waals surface area contributed by atoms with Gasteiger partial charge in [-0.2, -0.15) is 0 Å². The van der Waals surface area contributed by atoms with Crippen LogP contribution in [0.4, 0.5) is 5.69 Å². The van der Waals surface area contributed by atoms with Crippen molar-refractivity contribution >= 4 is 28.9 Å². The molecule has 0 radical (unpaired) electrons. The normalized spacial score (nSPS) is 9.47. The Morgan fingerprint density at radius 1 is 1.60 bits per heavy atom. The zero-order valence-electron chi connectivity index (χ0n) is 8.61. The quantitative estimate of drug-likeness (QED) is 0.628. The van der Waals surface area contributed by atoms with Gasteiger partial charge >= 0.3 is 5.97 Å². The van der Waals surface area contributed by atoms with E-state index in [9.17, 15) is 4.79 Å². The van der Waals surface area contributed by atoms with Crippen LogP contribution in [0.25, 0.3) is 0 Å². The van der Waals surface area contributed by atoms with Gasteiger partial charge in [-0.15, -0.1) is 0 Å². The van der Waals surface area contributed by atoms with Gasteiger partial charge in [0.05, 0.1) is 23.5 Å². The first kappa shape index (κ1) is 11.6. The van der Waals surface area contributed by atoms with Crippen LogP contribution in [-0.4, -0.2) is 22.5 Å². The Labute approximate surface area is 93.7 Å². The molecule has 15 heavy (non-hydrogen) atoms. The predicted octanol–water partition coefficient (Wildman–Crippen LogP) is 2.02. The smallest absolute Gasteiger partial charge is 0.356 e. The summed E-state index contributed by atoms with van der Waals surface area (Å²) < 4.78 is 4.80. The van der Waals surface area contributed by atoms with Gasteiger partial charge < -0.3 is 10.1 Å². The number of hydrogen-bond acceptors (Lipinski definition) is 4. The van der Waals surface area contributed by atoms with Gasteiger partial charge in [0.15, 0.2) is 0 Å².